The van der Waals surface area contributed by atoms with Crippen LogP contribution in [0, 0.1) is 0 Å². The molecule has 0 unspecified atom stereocenters. The topological polar surface area (TPSA) is 30.5 Å². The summed E-state index contributed by atoms with van der Waals surface area (Å²) in [4.78, 5) is 0. The Balaban J connectivity index is 1.83. The number of rotatable bonds is 8. The second-order valence-corrected chi connectivity index (χ2v) is 7.87. The van der Waals surface area contributed by atoms with Crippen molar-refractivity contribution in [2.75, 3.05) is 11.9 Å². The maximum atomic E-state index is 6.27. The molecule has 29 heavy (non-hydrogen) atoms. The minimum absolute atomic E-state index is 0.283. The van der Waals surface area contributed by atoms with E-state index < -0.39 is 0 Å². The van der Waals surface area contributed by atoms with Crippen molar-refractivity contribution in [3.05, 3.63) is 85.8 Å². The molecule has 152 valence electrons. The summed E-state index contributed by atoms with van der Waals surface area (Å²) in [7, 11) is 0. The standard InChI is InChI=1S/C22H19Cl4NO2/c1-2-28-21-5-3-4-14(12-27-20-11-17(24)8-9-18(20)25)22(21)29-13-15-6-7-16(23)10-19(15)26/h3-11,27H,2,12-13H2,1H3. The monoisotopic (exact) mass is 469 g/mol. The van der Waals surface area contributed by atoms with E-state index in [1.807, 2.05) is 31.2 Å². The van der Waals surface area contributed by atoms with Crippen LogP contribution >= 0.6 is 46.4 Å². The maximum absolute atomic E-state index is 6.27. The molecule has 0 aliphatic carbocycles. The molecule has 0 radical (unpaired) electrons. The number of halogens is 4. The minimum atomic E-state index is 0.283. The van der Waals surface area contributed by atoms with Gasteiger partial charge in [0.05, 0.1) is 17.3 Å². The van der Waals surface area contributed by atoms with Gasteiger partial charge < -0.3 is 14.8 Å². The third-order valence-corrected chi connectivity index (χ3v) is 5.30. The first-order valence-electron chi connectivity index (χ1n) is 8.98. The number of hydrogen-bond donors (Lipinski definition) is 1. The summed E-state index contributed by atoms with van der Waals surface area (Å²) >= 11 is 24.6. The van der Waals surface area contributed by atoms with E-state index in [0.29, 0.717) is 44.7 Å². The first-order valence-corrected chi connectivity index (χ1v) is 10.5. The number of benzene rings is 3. The molecule has 0 saturated heterocycles. The van der Waals surface area contributed by atoms with Gasteiger partial charge in [0.1, 0.15) is 6.61 Å². The average molecular weight is 471 g/mol. The van der Waals surface area contributed by atoms with Crippen LogP contribution in [0.3, 0.4) is 0 Å². The first kappa shape index (κ1) is 21.9. The van der Waals surface area contributed by atoms with Gasteiger partial charge in [0, 0.05) is 32.7 Å². The zero-order valence-electron chi connectivity index (χ0n) is 15.6. The summed E-state index contributed by atoms with van der Waals surface area (Å²) < 4.78 is 11.9. The van der Waals surface area contributed by atoms with Gasteiger partial charge in [-0.25, -0.2) is 0 Å². The predicted molar refractivity (Wildman–Crippen MR) is 122 cm³/mol. The van der Waals surface area contributed by atoms with E-state index in [1.54, 1.807) is 30.3 Å². The Hall–Kier alpha value is -1.78. The molecule has 0 aromatic heterocycles. The molecule has 1 N–H and O–H groups in total. The summed E-state index contributed by atoms with van der Waals surface area (Å²) in [6, 6.07) is 16.4. The Morgan fingerprint density at radius 2 is 1.55 bits per heavy atom. The van der Waals surface area contributed by atoms with Crippen LogP contribution < -0.4 is 14.8 Å². The summed E-state index contributed by atoms with van der Waals surface area (Å²) in [5, 5.41) is 5.63. The third kappa shape index (κ3) is 5.86. The van der Waals surface area contributed by atoms with Crippen LogP contribution in [0.2, 0.25) is 20.1 Å². The zero-order chi connectivity index (χ0) is 20.8. The smallest absolute Gasteiger partial charge is 0.166 e. The summed E-state index contributed by atoms with van der Waals surface area (Å²) in [5.74, 6) is 1.31. The summed E-state index contributed by atoms with van der Waals surface area (Å²) in [6.07, 6.45) is 0. The second-order valence-electron chi connectivity index (χ2n) is 6.18. The maximum Gasteiger partial charge on any atom is 0.166 e. The van der Waals surface area contributed by atoms with Gasteiger partial charge in [-0.2, -0.15) is 0 Å². The molecule has 0 fully saturated rings. The summed E-state index contributed by atoms with van der Waals surface area (Å²) in [6.45, 7) is 3.21. The molecule has 0 aliphatic heterocycles. The van der Waals surface area contributed by atoms with Crippen LogP contribution in [0.25, 0.3) is 0 Å². The van der Waals surface area contributed by atoms with E-state index in [2.05, 4.69) is 5.32 Å². The van der Waals surface area contributed by atoms with Crippen molar-refractivity contribution in [3.63, 3.8) is 0 Å². The van der Waals surface area contributed by atoms with E-state index in [4.69, 9.17) is 55.9 Å². The number of hydrogen-bond acceptors (Lipinski definition) is 3. The molecule has 3 aromatic rings. The van der Waals surface area contributed by atoms with Crippen LogP contribution in [-0.2, 0) is 13.2 Å². The minimum Gasteiger partial charge on any atom is -0.490 e. The number of para-hydroxylation sites is 1. The van der Waals surface area contributed by atoms with Crippen molar-refractivity contribution < 1.29 is 9.47 Å². The van der Waals surface area contributed by atoms with Gasteiger partial charge in [-0.1, -0.05) is 64.6 Å². The lowest BCUT2D eigenvalue weighted by Crippen LogP contribution is -2.06. The van der Waals surface area contributed by atoms with Gasteiger partial charge in [0.2, 0.25) is 0 Å². The molecule has 3 nitrogen and oxygen atoms in total. The van der Waals surface area contributed by atoms with Crippen LogP contribution in [0.15, 0.2) is 54.6 Å². The molecule has 3 aromatic carbocycles. The molecule has 7 heteroatoms. The van der Waals surface area contributed by atoms with E-state index in [0.717, 1.165) is 16.8 Å². The second kappa shape index (κ2) is 10.3. The highest BCUT2D eigenvalue weighted by atomic mass is 35.5. The number of anilines is 1. The van der Waals surface area contributed by atoms with Crippen molar-refractivity contribution in [3.8, 4) is 11.5 Å². The van der Waals surface area contributed by atoms with Crippen molar-refractivity contribution in [2.45, 2.75) is 20.1 Å². The van der Waals surface area contributed by atoms with E-state index in [-0.39, 0.29) is 6.61 Å². The first-order chi connectivity index (χ1) is 14.0. The largest absolute Gasteiger partial charge is 0.490 e. The van der Waals surface area contributed by atoms with Crippen molar-refractivity contribution in [1.82, 2.24) is 0 Å². The Morgan fingerprint density at radius 3 is 2.31 bits per heavy atom. The Bertz CT molecular complexity index is 995. The molecule has 0 bridgehead atoms. The van der Waals surface area contributed by atoms with E-state index in [9.17, 15) is 0 Å². The highest BCUT2D eigenvalue weighted by molar-refractivity contribution is 6.35. The lowest BCUT2D eigenvalue weighted by molar-refractivity contribution is 0.267. The van der Waals surface area contributed by atoms with Crippen molar-refractivity contribution >= 4 is 52.1 Å². The molecule has 0 aliphatic rings. The Morgan fingerprint density at radius 1 is 0.793 bits per heavy atom. The average Bonchev–Trinajstić information content (AvgIpc) is 2.69. The molecule has 0 atom stereocenters. The van der Waals surface area contributed by atoms with Crippen LogP contribution in [0.1, 0.15) is 18.1 Å². The Kier molecular flexibility index (Phi) is 7.79. The van der Waals surface area contributed by atoms with Crippen LogP contribution in [0.4, 0.5) is 5.69 Å². The molecule has 0 amide bonds. The van der Waals surface area contributed by atoms with E-state index >= 15 is 0 Å². The highest BCUT2D eigenvalue weighted by Gasteiger charge is 2.13. The van der Waals surface area contributed by atoms with Gasteiger partial charge >= 0.3 is 0 Å². The Labute approximate surface area is 190 Å². The SMILES string of the molecule is CCOc1cccc(CNc2cc(Cl)ccc2Cl)c1OCc1ccc(Cl)cc1Cl. The zero-order valence-corrected chi connectivity index (χ0v) is 18.7. The fourth-order valence-corrected chi connectivity index (χ4v) is 3.57. The number of ether oxygens (including phenoxy) is 2. The van der Waals surface area contributed by atoms with Gasteiger partial charge in [-0.15, -0.1) is 0 Å². The lowest BCUT2D eigenvalue weighted by atomic mass is 10.1. The van der Waals surface area contributed by atoms with Gasteiger partial charge in [0.15, 0.2) is 11.5 Å². The highest BCUT2D eigenvalue weighted by Crippen LogP contribution is 2.34. The van der Waals surface area contributed by atoms with Crippen LogP contribution in [-0.4, -0.2) is 6.61 Å². The molecule has 0 spiro atoms. The lowest BCUT2D eigenvalue weighted by Gasteiger charge is -2.17. The molecule has 3 rings (SSSR count). The third-order valence-electron chi connectivity index (χ3n) is 4.15. The van der Waals surface area contributed by atoms with Crippen LogP contribution in [0.5, 0.6) is 11.5 Å². The van der Waals surface area contributed by atoms with Crippen molar-refractivity contribution in [1.29, 1.82) is 0 Å². The fourth-order valence-electron chi connectivity index (χ4n) is 2.75. The fraction of sp³-hybridized carbons (Fsp3) is 0.182. The van der Waals surface area contributed by atoms with E-state index in [1.165, 1.54) is 0 Å². The van der Waals surface area contributed by atoms with Crippen molar-refractivity contribution in [2.24, 2.45) is 0 Å². The predicted octanol–water partition coefficient (Wildman–Crippen LogP) is 7.89. The quantitative estimate of drug-likeness (QED) is 0.363. The molecule has 0 heterocycles. The molecular formula is C22H19Cl4NO2. The normalized spacial score (nSPS) is 10.7. The molecule has 0 saturated carbocycles. The van der Waals surface area contributed by atoms with Gasteiger partial charge in [-0.3, -0.25) is 0 Å². The van der Waals surface area contributed by atoms with Gasteiger partial charge in [-0.05, 0) is 43.3 Å². The van der Waals surface area contributed by atoms with Gasteiger partial charge in [0.25, 0.3) is 0 Å². The number of nitrogens with one attached hydrogen (secondary N) is 1. The summed E-state index contributed by atoms with van der Waals surface area (Å²) in [5.41, 5.74) is 2.49. The molecular weight excluding hydrogens is 452 g/mol.